The zero-order chi connectivity index (χ0) is 14.8. The Balaban J connectivity index is 1.85. The van der Waals surface area contributed by atoms with Crippen LogP contribution in [0.25, 0.3) is 11.0 Å². The zero-order valence-electron chi connectivity index (χ0n) is 11.2. The molecule has 2 N–H and O–H groups in total. The molecule has 0 saturated carbocycles. The molecule has 0 aliphatic rings. The van der Waals surface area contributed by atoms with Gasteiger partial charge in [-0.15, -0.1) is 0 Å². The molecule has 0 amide bonds. The summed E-state index contributed by atoms with van der Waals surface area (Å²) in [6, 6.07) is 9.39. The van der Waals surface area contributed by atoms with Crippen molar-refractivity contribution in [3.8, 4) is 17.2 Å². The smallest absolute Gasteiger partial charge is 0.343 e. The van der Waals surface area contributed by atoms with Gasteiger partial charge in [0.15, 0.2) is 11.5 Å². The summed E-state index contributed by atoms with van der Waals surface area (Å²) >= 11 is 0. The minimum atomic E-state index is -0.501. The number of nitrogens with one attached hydrogen (secondary N) is 1. The molecule has 0 radical (unpaired) electrons. The Morgan fingerprint density at radius 3 is 2.90 bits per heavy atom. The Bertz CT molecular complexity index is 810. The summed E-state index contributed by atoms with van der Waals surface area (Å²) in [6.45, 7) is 0. The molecule has 2 aromatic carbocycles. The Morgan fingerprint density at radius 1 is 1.24 bits per heavy atom. The molecule has 0 aliphatic heterocycles. The number of hydrogen-bond donors (Lipinski definition) is 2. The van der Waals surface area contributed by atoms with Crippen LogP contribution in [0.4, 0.5) is 0 Å². The number of imidazole rings is 1. The van der Waals surface area contributed by atoms with E-state index in [0.29, 0.717) is 11.3 Å². The van der Waals surface area contributed by atoms with E-state index >= 15 is 0 Å². The highest BCUT2D eigenvalue weighted by Crippen LogP contribution is 2.30. The first kappa shape index (κ1) is 13.0. The quantitative estimate of drug-likeness (QED) is 0.570. The minimum Gasteiger partial charge on any atom is -0.504 e. The summed E-state index contributed by atoms with van der Waals surface area (Å²) < 4.78 is 10.2. The van der Waals surface area contributed by atoms with Crippen LogP contribution in [-0.2, 0) is 0 Å². The number of carbonyl (C=O) groups excluding carboxylic acids is 1. The summed E-state index contributed by atoms with van der Waals surface area (Å²) in [5.41, 5.74) is 1.93. The number of aromatic nitrogens is 2. The van der Waals surface area contributed by atoms with Crippen LogP contribution >= 0.6 is 0 Å². The molecular formula is C15H12N2O4. The number of fused-ring (bicyclic) bond motifs is 1. The van der Waals surface area contributed by atoms with Gasteiger partial charge in [-0.25, -0.2) is 9.78 Å². The fraction of sp³-hybridized carbons (Fsp3) is 0.0667. The SMILES string of the molecule is COc1cc(OC(=O)c2ccc3nc[nH]c3c2)ccc1O. The summed E-state index contributed by atoms with van der Waals surface area (Å²) in [7, 11) is 1.42. The van der Waals surface area contributed by atoms with E-state index in [0.717, 1.165) is 11.0 Å². The molecule has 106 valence electrons. The molecule has 3 aromatic rings. The van der Waals surface area contributed by atoms with E-state index < -0.39 is 5.97 Å². The summed E-state index contributed by atoms with van der Waals surface area (Å²) in [6.07, 6.45) is 1.56. The molecule has 3 rings (SSSR count). The number of ether oxygens (including phenoxy) is 2. The van der Waals surface area contributed by atoms with E-state index in [4.69, 9.17) is 9.47 Å². The van der Waals surface area contributed by atoms with Gasteiger partial charge >= 0.3 is 5.97 Å². The molecule has 21 heavy (non-hydrogen) atoms. The highest BCUT2D eigenvalue weighted by Gasteiger charge is 2.12. The van der Waals surface area contributed by atoms with Gasteiger partial charge in [-0.05, 0) is 30.3 Å². The minimum absolute atomic E-state index is 0.0174. The van der Waals surface area contributed by atoms with Crippen molar-refractivity contribution in [2.75, 3.05) is 7.11 Å². The van der Waals surface area contributed by atoms with Crippen LogP contribution in [0.3, 0.4) is 0 Å². The molecule has 1 heterocycles. The lowest BCUT2D eigenvalue weighted by Gasteiger charge is -2.07. The summed E-state index contributed by atoms with van der Waals surface area (Å²) in [5, 5.41) is 9.50. The average Bonchev–Trinajstić information content (AvgIpc) is 2.96. The van der Waals surface area contributed by atoms with Crippen LogP contribution < -0.4 is 9.47 Å². The predicted molar refractivity (Wildman–Crippen MR) is 75.7 cm³/mol. The molecule has 0 saturated heterocycles. The van der Waals surface area contributed by atoms with E-state index in [1.165, 1.54) is 25.3 Å². The number of phenolic OH excluding ortho intramolecular Hbond substituents is 1. The van der Waals surface area contributed by atoms with E-state index in [2.05, 4.69) is 9.97 Å². The first-order valence-corrected chi connectivity index (χ1v) is 6.19. The second-order valence-electron chi connectivity index (χ2n) is 4.36. The maximum Gasteiger partial charge on any atom is 0.343 e. The van der Waals surface area contributed by atoms with Crippen molar-refractivity contribution in [1.82, 2.24) is 9.97 Å². The highest BCUT2D eigenvalue weighted by molar-refractivity contribution is 5.94. The topological polar surface area (TPSA) is 84.4 Å². The number of benzene rings is 2. The molecule has 0 aliphatic carbocycles. The lowest BCUT2D eigenvalue weighted by atomic mass is 10.2. The van der Waals surface area contributed by atoms with Gasteiger partial charge < -0.3 is 19.6 Å². The number of aromatic amines is 1. The van der Waals surface area contributed by atoms with Crippen LogP contribution in [-0.4, -0.2) is 28.2 Å². The molecule has 0 bridgehead atoms. The number of phenols is 1. The van der Waals surface area contributed by atoms with Crippen LogP contribution in [0.5, 0.6) is 17.2 Å². The third-order valence-electron chi connectivity index (χ3n) is 3.02. The molecule has 0 atom stereocenters. The first-order chi connectivity index (χ1) is 10.2. The standard InChI is InChI=1S/C15H12N2O4/c1-20-14-7-10(3-5-13(14)18)21-15(19)9-2-4-11-12(6-9)17-8-16-11/h2-8,18H,1H3,(H,16,17). The Hall–Kier alpha value is -3.02. The van der Waals surface area contributed by atoms with Crippen LogP contribution in [0.2, 0.25) is 0 Å². The van der Waals surface area contributed by atoms with Gasteiger partial charge in [0.05, 0.1) is 30.0 Å². The molecule has 6 heteroatoms. The van der Waals surface area contributed by atoms with Gasteiger partial charge in [0.25, 0.3) is 0 Å². The average molecular weight is 284 g/mol. The van der Waals surface area contributed by atoms with E-state index in [1.54, 1.807) is 24.5 Å². The molecule has 1 aromatic heterocycles. The summed E-state index contributed by atoms with van der Waals surface area (Å²) in [5.74, 6) is 0.0131. The molecular weight excluding hydrogens is 272 g/mol. The van der Waals surface area contributed by atoms with Gasteiger partial charge in [-0.1, -0.05) is 0 Å². The third kappa shape index (κ3) is 2.51. The number of carbonyl (C=O) groups is 1. The first-order valence-electron chi connectivity index (χ1n) is 6.19. The van der Waals surface area contributed by atoms with Gasteiger partial charge in [-0.3, -0.25) is 0 Å². The number of esters is 1. The van der Waals surface area contributed by atoms with Crippen LogP contribution in [0, 0.1) is 0 Å². The van der Waals surface area contributed by atoms with Crippen molar-refractivity contribution in [3.63, 3.8) is 0 Å². The Morgan fingerprint density at radius 2 is 2.10 bits per heavy atom. The number of nitrogens with zero attached hydrogens (tertiary/aromatic N) is 1. The van der Waals surface area contributed by atoms with Gasteiger partial charge in [-0.2, -0.15) is 0 Å². The second-order valence-corrected chi connectivity index (χ2v) is 4.36. The summed E-state index contributed by atoms with van der Waals surface area (Å²) in [4.78, 5) is 19.1. The maximum absolute atomic E-state index is 12.1. The van der Waals surface area contributed by atoms with E-state index in [-0.39, 0.29) is 11.5 Å². The number of rotatable bonds is 3. The molecule has 0 unspecified atom stereocenters. The van der Waals surface area contributed by atoms with Gasteiger partial charge in [0.1, 0.15) is 5.75 Å². The van der Waals surface area contributed by atoms with Crippen molar-refractivity contribution in [1.29, 1.82) is 0 Å². The number of aromatic hydroxyl groups is 1. The molecule has 0 spiro atoms. The molecule has 0 fully saturated rings. The largest absolute Gasteiger partial charge is 0.504 e. The molecule has 6 nitrogen and oxygen atoms in total. The number of methoxy groups -OCH3 is 1. The van der Waals surface area contributed by atoms with Crippen molar-refractivity contribution in [3.05, 3.63) is 48.3 Å². The number of H-pyrrole nitrogens is 1. The van der Waals surface area contributed by atoms with Crippen molar-refractivity contribution < 1.29 is 19.4 Å². The predicted octanol–water partition coefficient (Wildman–Crippen LogP) is 2.50. The lowest BCUT2D eigenvalue weighted by Crippen LogP contribution is -2.08. The van der Waals surface area contributed by atoms with Crippen molar-refractivity contribution in [2.24, 2.45) is 0 Å². The Kier molecular flexibility index (Phi) is 3.19. The maximum atomic E-state index is 12.1. The third-order valence-corrected chi connectivity index (χ3v) is 3.02. The van der Waals surface area contributed by atoms with Crippen LogP contribution in [0.15, 0.2) is 42.7 Å². The highest BCUT2D eigenvalue weighted by atomic mass is 16.5. The van der Waals surface area contributed by atoms with Crippen molar-refractivity contribution in [2.45, 2.75) is 0 Å². The zero-order valence-corrected chi connectivity index (χ0v) is 11.2. The van der Waals surface area contributed by atoms with E-state index in [9.17, 15) is 9.90 Å². The number of hydrogen-bond acceptors (Lipinski definition) is 5. The second kappa shape index (κ2) is 5.16. The Labute approximate surface area is 120 Å². The van der Waals surface area contributed by atoms with Crippen LogP contribution in [0.1, 0.15) is 10.4 Å². The lowest BCUT2D eigenvalue weighted by molar-refractivity contribution is 0.0734. The van der Waals surface area contributed by atoms with Crippen molar-refractivity contribution >= 4 is 17.0 Å². The monoisotopic (exact) mass is 284 g/mol. The van der Waals surface area contributed by atoms with E-state index in [1.807, 2.05) is 0 Å². The normalized spacial score (nSPS) is 10.5. The fourth-order valence-corrected chi connectivity index (χ4v) is 1.95. The van der Waals surface area contributed by atoms with Gasteiger partial charge in [0.2, 0.25) is 0 Å². The fourth-order valence-electron chi connectivity index (χ4n) is 1.95. The van der Waals surface area contributed by atoms with Gasteiger partial charge in [0, 0.05) is 6.07 Å².